The van der Waals surface area contributed by atoms with Gasteiger partial charge in [-0.3, -0.25) is 4.68 Å². The zero-order chi connectivity index (χ0) is 13.8. The second-order valence-corrected chi connectivity index (χ2v) is 5.35. The van der Waals surface area contributed by atoms with E-state index in [4.69, 9.17) is 23.2 Å². The van der Waals surface area contributed by atoms with Gasteiger partial charge in [0.2, 0.25) is 0 Å². The molecule has 0 fully saturated rings. The van der Waals surface area contributed by atoms with Crippen molar-refractivity contribution in [3.8, 4) is 0 Å². The average molecular weight is 299 g/mol. The molecule has 1 N–H and O–H groups in total. The third kappa shape index (κ3) is 3.96. The highest BCUT2D eigenvalue weighted by molar-refractivity contribution is 6.35. The lowest BCUT2D eigenvalue weighted by Gasteiger charge is -2.11. The molecule has 1 heterocycles. The van der Waals surface area contributed by atoms with Crippen LogP contribution in [0.25, 0.3) is 0 Å². The van der Waals surface area contributed by atoms with E-state index < -0.39 is 6.10 Å². The van der Waals surface area contributed by atoms with Crippen molar-refractivity contribution in [2.75, 3.05) is 0 Å². The largest absolute Gasteiger partial charge is 0.392 e. The van der Waals surface area contributed by atoms with E-state index in [2.05, 4.69) is 5.10 Å². The van der Waals surface area contributed by atoms with Crippen LogP contribution in [0.5, 0.6) is 0 Å². The predicted octanol–water partition coefficient (Wildman–Crippen LogP) is 3.36. The smallest absolute Gasteiger partial charge is 0.0622 e. The number of nitrogens with zero attached hydrogens (tertiary/aromatic N) is 2. The maximum atomic E-state index is 10.1. The number of rotatable bonds is 5. The minimum Gasteiger partial charge on any atom is -0.392 e. The number of hydrogen-bond acceptors (Lipinski definition) is 2. The van der Waals surface area contributed by atoms with Crippen molar-refractivity contribution in [1.82, 2.24) is 9.78 Å². The van der Waals surface area contributed by atoms with Crippen LogP contribution in [0.15, 0.2) is 30.6 Å². The van der Waals surface area contributed by atoms with Gasteiger partial charge in [0.15, 0.2) is 0 Å². The van der Waals surface area contributed by atoms with Crippen LogP contribution in [0.1, 0.15) is 18.1 Å². The summed E-state index contributed by atoms with van der Waals surface area (Å²) in [5.41, 5.74) is 1.93. The predicted molar refractivity (Wildman–Crippen MR) is 77.8 cm³/mol. The summed E-state index contributed by atoms with van der Waals surface area (Å²) in [4.78, 5) is 0. The van der Waals surface area contributed by atoms with E-state index >= 15 is 0 Å². The molecular weight excluding hydrogens is 283 g/mol. The van der Waals surface area contributed by atoms with Crippen LogP contribution in [-0.2, 0) is 19.4 Å². The van der Waals surface area contributed by atoms with Crippen molar-refractivity contribution in [1.29, 1.82) is 0 Å². The van der Waals surface area contributed by atoms with Gasteiger partial charge in [0, 0.05) is 35.6 Å². The first-order valence-corrected chi connectivity index (χ1v) is 6.97. The Morgan fingerprint density at radius 3 is 2.74 bits per heavy atom. The quantitative estimate of drug-likeness (QED) is 0.919. The molecule has 1 unspecified atom stereocenters. The molecule has 0 aliphatic rings. The Morgan fingerprint density at radius 2 is 2.11 bits per heavy atom. The molecule has 2 aromatic rings. The fourth-order valence-electron chi connectivity index (χ4n) is 1.97. The van der Waals surface area contributed by atoms with Crippen LogP contribution < -0.4 is 0 Å². The van der Waals surface area contributed by atoms with E-state index in [1.165, 1.54) is 0 Å². The van der Waals surface area contributed by atoms with Crippen LogP contribution in [-0.4, -0.2) is 21.0 Å². The lowest BCUT2D eigenvalue weighted by Crippen LogP contribution is -2.13. The minimum absolute atomic E-state index is 0.479. The van der Waals surface area contributed by atoms with Crippen LogP contribution in [0.4, 0.5) is 0 Å². The summed E-state index contributed by atoms with van der Waals surface area (Å²) in [5, 5.41) is 15.5. The third-order valence-electron chi connectivity index (χ3n) is 2.95. The van der Waals surface area contributed by atoms with Crippen molar-refractivity contribution >= 4 is 23.2 Å². The monoisotopic (exact) mass is 298 g/mol. The van der Waals surface area contributed by atoms with E-state index in [1.54, 1.807) is 18.3 Å². The van der Waals surface area contributed by atoms with Gasteiger partial charge in [0.05, 0.1) is 12.3 Å². The van der Waals surface area contributed by atoms with Gasteiger partial charge < -0.3 is 5.11 Å². The molecule has 1 aromatic heterocycles. The Bertz CT molecular complexity index is 554. The van der Waals surface area contributed by atoms with Crippen molar-refractivity contribution in [3.63, 3.8) is 0 Å². The van der Waals surface area contributed by atoms with Crippen LogP contribution in [0.2, 0.25) is 10.0 Å². The Balaban J connectivity index is 1.98. The van der Waals surface area contributed by atoms with Crippen LogP contribution in [0.3, 0.4) is 0 Å². The summed E-state index contributed by atoms with van der Waals surface area (Å²) in [7, 11) is 0. The molecule has 0 saturated carbocycles. The molecule has 0 radical (unpaired) electrons. The Labute approximate surface area is 122 Å². The molecule has 0 spiro atoms. The molecule has 0 saturated heterocycles. The lowest BCUT2D eigenvalue weighted by molar-refractivity contribution is 0.175. The van der Waals surface area contributed by atoms with Gasteiger partial charge in [-0.2, -0.15) is 5.10 Å². The zero-order valence-electron chi connectivity index (χ0n) is 10.7. The van der Waals surface area contributed by atoms with Gasteiger partial charge in [-0.1, -0.05) is 29.3 Å². The fourth-order valence-corrected chi connectivity index (χ4v) is 2.46. The molecule has 2 rings (SSSR count). The Hall–Kier alpha value is -1.03. The maximum absolute atomic E-state index is 10.1. The first-order valence-electron chi connectivity index (χ1n) is 6.21. The minimum atomic E-state index is -0.479. The van der Waals surface area contributed by atoms with E-state index in [0.717, 1.165) is 17.7 Å². The summed E-state index contributed by atoms with van der Waals surface area (Å²) in [5.74, 6) is 0. The summed E-state index contributed by atoms with van der Waals surface area (Å²) in [6.07, 6.45) is 4.34. The molecule has 5 heteroatoms. The first-order chi connectivity index (χ1) is 9.08. The molecule has 0 amide bonds. The molecule has 102 valence electrons. The lowest BCUT2D eigenvalue weighted by atomic mass is 10.0. The summed E-state index contributed by atoms with van der Waals surface area (Å²) >= 11 is 11.9. The summed E-state index contributed by atoms with van der Waals surface area (Å²) < 4.78 is 1.84. The number of hydrogen-bond donors (Lipinski definition) is 1. The highest BCUT2D eigenvalue weighted by Crippen LogP contribution is 2.22. The summed E-state index contributed by atoms with van der Waals surface area (Å²) in [6, 6.07) is 5.33. The van der Waals surface area contributed by atoms with Crippen molar-refractivity contribution in [3.05, 3.63) is 51.8 Å². The van der Waals surface area contributed by atoms with Gasteiger partial charge >= 0.3 is 0 Å². The van der Waals surface area contributed by atoms with E-state index in [9.17, 15) is 5.11 Å². The molecule has 3 nitrogen and oxygen atoms in total. The van der Waals surface area contributed by atoms with E-state index in [-0.39, 0.29) is 0 Å². The Morgan fingerprint density at radius 1 is 1.32 bits per heavy atom. The highest BCUT2D eigenvalue weighted by atomic mass is 35.5. The standard InChI is InChI=1S/C14H16Cl2N2O/c1-2-18-9-10(8-17-18)5-13(19)6-11-3-4-12(15)7-14(11)16/h3-4,7-9,13,19H,2,5-6H2,1H3. The van der Waals surface area contributed by atoms with Crippen molar-refractivity contribution in [2.24, 2.45) is 0 Å². The second kappa shape index (κ2) is 6.42. The fraction of sp³-hybridized carbons (Fsp3) is 0.357. The molecule has 0 aliphatic carbocycles. The molecule has 1 aromatic carbocycles. The number of aliphatic hydroxyl groups is 1. The number of aromatic nitrogens is 2. The second-order valence-electron chi connectivity index (χ2n) is 4.50. The molecular formula is C14H16Cl2N2O. The zero-order valence-corrected chi connectivity index (χ0v) is 12.2. The average Bonchev–Trinajstić information content (AvgIpc) is 2.80. The van der Waals surface area contributed by atoms with Gasteiger partial charge in [-0.05, 0) is 30.2 Å². The van der Waals surface area contributed by atoms with E-state index in [1.807, 2.05) is 23.9 Å². The number of aryl methyl sites for hydroxylation is 1. The first kappa shape index (κ1) is 14.4. The topological polar surface area (TPSA) is 38.0 Å². The number of aliphatic hydroxyl groups excluding tert-OH is 1. The highest BCUT2D eigenvalue weighted by Gasteiger charge is 2.11. The summed E-state index contributed by atoms with van der Waals surface area (Å²) in [6.45, 7) is 2.86. The molecule has 0 bridgehead atoms. The van der Waals surface area contributed by atoms with Crippen molar-refractivity contribution in [2.45, 2.75) is 32.4 Å². The van der Waals surface area contributed by atoms with Crippen LogP contribution in [0, 0.1) is 0 Å². The van der Waals surface area contributed by atoms with Crippen molar-refractivity contribution < 1.29 is 5.11 Å². The van der Waals surface area contributed by atoms with Gasteiger partial charge in [0.25, 0.3) is 0 Å². The number of halogens is 2. The molecule has 1 atom stereocenters. The van der Waals surface area contributed by atoms with E-state index in [0.29, 0.717) is 22.9 Å². The van der Waals surface area contributed by atoms with Gasteiger partial charge in [-0.25, -0.2) is 0 Å². The normalized spacial score (nSPS) is 12.6. The van der Waals surface area contributed by atoms with Gasteiger partial charge in [0.1, 0.15) is 0 Å². The SMILES string of the molecule is CCn1cc(CC(O)Cc2ccc(Cl)cc2Cl)cn1. The number of benzene rings is 1. The Kier molecular flexibility index (Phi) is 4.86. The van der Waals surface area contributed by atoms with Crippen LogP contribution >= 0.6 is 23.2 Å². The van der Waals surface area contributed by atoms with Gasteiger partial charge in [-0.15, -0.1) is 0 Å². The maximum Gasteiger partial charge on any atom is 0.0622 e. The molecule has 19 heavy (non-hydrogen) atoms. The molecule has 0 aliphatic heterocycles. The third-order valence-corrected chi connectivity index (χ3v) is 3.54.